The van der Waals surface area contributed by atoms with E-state index in [4.69, 9.17) is 23.2 Å². The molecule has 2 aromatic heterocycles. The van der Waals surface area contributed by atoms with Crippen LogP contribution in [-0.4, -0.2) is 15.2 Å². The van der Waals surface area contributed by atoms with Crippen molar-refractivity contribution in [3.63, 3.8) is 0 Å². The quantitative estimate of drug-likeness (QED) is 0.680. The molecule has 0 aromatic carbocycles. The van der Waals surface area contributed by atoms with Crippen LogP contribution in [0.4, 0.5) is 0 Å². The van der Waals surface area contributed by atoms with Crippen molar-refractivity contribution in [3.8, 4) is 0 Å². The summed E-state index contributed by atoms with van der Waals surface area (Å²) in [6, 6.07) is 1.53. The highest BCUT2D eigenvalue weighted by Crippen LogP contribution is 2.20. The van der Waals surface area contributed by atoms with E-state index in [1.54, 1.807) is 0 Å². The maximum absolute atomic E-state index is 11.2. The molecular formula is C7H3Cl2N3O. The Morgan fingerprint density at radius 1 is 1.38 bits per heavy atom. The van der Waals surface area contributed by atoms with Crippen molar-refractivity contribution < 1.29 is 0 Å². The zero-order valence-corrected chi connectivity index (χ0v) is 7.73. The number of nitrogens with one attached hydrogen (secondary N) is 1. The van der Waals surface area contributed by atoms with Gasteiger partial charge in [0.2, 0.25) is 0 Å². The first-order chi connectivity index (χ1) is 6.18. The number of aromatic nitrogens is 3. The molecule has 0 aliphatic carbocycles. The van der Waals surface area contributed by atoms with Crippen LogP contribution in [0.1, 0.15) is 0 Å². The minimum Gasteiger partial charge on any atom is -0.267 e. The van der Waals surface area contributed by atoms with Crippen molar-refractivity contribution in [3.05, 3.63) is 32.9 Å². The number of rotatable bonds is 0. The third-order valence-electron chi connectivity index (χ3n) is 1.57. The van der Waals surface area contributed by atoms with Gasteiger partial charge in [0.1, 0.15) is 10.3 Å². The lowest BCUT2D eigenvalue weighted by Gasteiger charge is -1.97. The van der Waals surface area contributed by atoms with E-state index in [1.165, 1.54) is 12.3 Å². The molecule has 0 saturated heterocycles. The minimum absolute atomic E-state index is 0.0890. The number of fused-ring (bicyclic) bond motifs is 1. The van der Waals surface area contributed by atoms with E-state index in [2.05, 4.69) is 15.2 Å². The van der Waals surface area contributed by atoms with E-state index in [-0.39, 0.29) is 15.9 Å². The van der Waals surface area contributed by atoms with E-state index < -0.39 is 0 Å². The molecule has 0 amide bonds. The number of H-pyrrole nitrogens is 1. The zero-order valence-electron chi connectivity index (χ0n) is 6.21. The van der Waals surface area contributed by atoms with Gasteiger partial charge in [0.05, 0.1) is 11.6 Å². The molecule has 0 saturated carbocycles. The van der Waals surface area contributed by atoms with Crippen LogP contribution in [0.3, 0.4) is 0 Å². The second kappa shape index (κ2) is 2.97. The van der Waals surface area contributed by atoms with Gasteiger partial charge in [-0.25, -0.2) is 10.1 Å². The number of hydrogen-bond donors (Lipinski definition) is 1. The lowest BCUT2D eigenvalue weighted by molar-refractivity contribution is 1.01. The van der Waals surface area contributed by atoms with Crippen molar-refractivity contribution in [2.45, 2.75) is 0 Å². The molecule has 2 aromatic rings. The molecule has 0 aliphatic rings. The highest BCUT2D eigenvalue weighted by Gasteiger charge is 2.06. The molecule has 0 unspecified atom stereocenters. The fourth-order valence-electron chi connectivity index (χ4n) is 1.04. The molecule has 13 heavy (non-hydrogen) atoms. The fraction of sp³-hybridized carbons (Fsp3) is 0. The molecule has 0 spiro atoms. The first-order valence-corrected chi connectivity index (χ1v) is 4.13. The molecule has 4 nitrogen and oxygen atoms in total. The standard InChI is InChI=1S/C7H3Cl2N3O/c8-4-1-3-2-10-12-7(13)5(3)6(9)11-4/h1-2H,(H,12,13). The monoisotopic (exact) mass is 215 g/mol. The zero-order chi connectivity index (χ0) is 9.42. The maximum Gasteiger partial charge on any atom is 0.275 e. The topological polar surface area (TPSA) is 58.6 Å². The fourth-order valence-corrected chi connectivity index (χ4v) is 1.58. The van der Waals surface area contributed by atoms with E-state index >= 15 is 0 Å². The van der Waals surface area contributed by atoms with Gasteiger partial charge in [-0.3, -0.25) is 4.79 Å². The third-order valence-corrected chi connectivity index (χ3v) is 2.04. The smallest absolute Gasteiger partial charge is 0.267 e. The van der Waals surface area contributed by atoms with Crippen molar-refractivity contribution in [1.82, 2.24) is 15.2 Å². The molecule has 0 atom stereocenters. The Bertz CT molecular complexity index is 523. The van der Waals surface area contributed by atoms with Gasteiger partial charge in [-0.05, 0) is 6.07 Å². The first kappa shape index (κ1) is 8.47. The summed E-state index contributed by atoms with van der Waals surface area (Å²) in [5.41, 5.74) is -0.369. The molecule has 66 valence electrons. The molecule has 0 bridgehead atoms. The van der Waals surface area contributed by atoms with Crippen molar-refractivity contribution in [2.75, 3.05) is 0 Å². The second-order valence-electron chi connectivity index (χ2n) is 2.40. The van der Waals surface area contributed by atoms with Gasteiger partial charge in [-0.1, -0.05) is 23.2 Å². The molecule has 6 heteroatoms. The molecule has 2 heterocycles. The van der Waals surface area contributed by atoms with Gasteiger partial charge < -0.3 is 0 Å². The van der Waals surface area contributed by atoms with Crippen LogP contribution in [0.5, 0.6) is 0 Å². The molecule has 0 radical (unpaired) electrons. The van der Waals surface area contributed by atoms with Crippen LogP contribution in [-0.2, 0) is 0 Å². The van der Waals surface area contributed by atoms with Crippen molar-refractivity contribution in [1.29, 1.82) is 0 Å². The molecule has 1 N–H and O–H groups in total. The number of nitrogens with zero attached hydrogens (tertiary/aromatic N) is 2. The number of pyridine rings is 1. The van der Waals surface area contributed by atoms with E-state index in [0.717, 1.165) is 0 Å². The van der Waals surface area contributed by atoms with Gasteiger partial charge in [-0.15, -0.1) is 0 Å². The predicted molar refractivity (Wildman–Crippen MR) is 50.2 cm³/mol. The van der Waals surface area contributed by atoms with Crippen molar-refractivity contribution >= 4 is 34.0 Å². The highest BCUT2D eigenvalue weighted by atomic mass is 35.5. The summed E-state index contributed by atoms with van der Waals surface area (Å²) in [7, 11) is 0. The predicted octanol–water partition coefficient (Wildman–Crippen LogP) is 1.62. The first-order valence-electron chi connectivity index (χ1n) is 3.38. The Morgan fingerprint density at radius 3 is 2.92 bits per heavy atom. The van der Waals surface area contributed by atoms with Gasteiger partial charge in [-0.2, -0.15) is 5.10 Å². The average Bonchev–Trinajstić information content (AvgIpc) is 2.02. The Balaban J connectivity index is 3.03. The minimum atomic E-state index is -0.369. The summed E-state index contributed by atoms with van der Waals surface area (Å²) >= 11 is 11.4. The normalized spacial score (nSPS) is 10.6. The summed E-state index contributed by atoms with van der Waals surface area (Å²) < 4.78 is 0. The van der Waals surface area contributed by atoms with Gasteiger partial charge >= 0.3 is 0 Å². The van der Waals surface area contributed by atoms with E-state index in [0.29, 0.717) is 10.8 Å². The maximum atomic E-state index is 11.2. The van der Waals surface area contributed by atoms with Crippen LogP contribution in [0, 0.1) is 0 Å². The van der Waals surface area contributed by atoms with E-state index in [1.807, 2.05) is 0 Å². The van der Waals surface area contributed by atoms with Gasteiger partial charge in [0.25, 0.3) is 5.56 Å². The molecular weight excluding hydrogens is 213 g/mol. The van der Waals surface area contributed by atoms with Gasteiger partial charge in [0.15, 0.2) is 0 Å². The summed E-state index contributed by atoms with van der Waals surface area (Å²) in [5.74, 6) is 0. The number of aromatic amines is 1. The van der Waals surface area contributed by atoms with Crippen LogP contribution < -0.4 is 5.56 Å². The second-order valence-corrected chi connectivity index (χ2v) is 3.14. The Kier molecular flexibility index (Phi) is 1.94. The summed E-state index contributed by atoms with van der Waals surface area (Å²) in [6.45, 7) is 0. The highest BCUT2D eigenvalue weighted by molar-refractivity contribution is 6.36. The molecule has 0 fully saturated rings. The number of halogens is 2. The lowest BCUT2D eigenvalue weighted by atomic mass is 10.2. The average molecular weight is 216 g/mol. The van der Waals surface area contributed by atoms with Crippen LogP contribution in [0.15, 0.2) is 17.1 Å². The van der Waals surface area contributed by atoms with Crippen LogP contribution >= 0.6 is 23.2 Å². The summed E-state index contributed by atoms with van der Waals surface area (Å²) in [4.78, 5) is 15.0. The van der Waals surface area contributed by atoms with Gasteiger partial charge in [0, 0.05) is 5.39 Å². The Morgan fingerprint density at radius 2 is 2.15 bits per heavy atom. The molecule has 2 rings (SSSR count). The third kappa shape index (κ3) is 1.38. The number of hydrogen-bond acceptors (Lipinski definition) is 3. The Hall–Kier alpha value is -1.13. The van der Waals surface area contributed by atoms with Crippen LogP contribution in [0.2, 0.25) is 10.3 Å². The largest absolute Gasteiger partial charge is 0.275 e. The summed E-state index contributed by atoms with van der Waals surface area (Å²) in [5, 5.41) is 7.09. The summed E-state index contributed by atoms with van der Waals surface area (Å²) in [6.07, 6.45) is 1.47. The SMILES string of the molecule is O=c1[nH]ncc2cc(Cl)nc(Cl)c12. The Labute approximate surface area is 82.5 Å². The van der Waals surface area contributed by atoms with Crippen molar-refractivity contribution in [2.24, 2.45) is 0 Å². The van der Waals surface area contributed by atoms with E-state index in [9.17, 15) is 4.79 Å². The van der Waals surface area contributed by atoms with Crippen LogP contribution in [0.25, 0.3) is 10.8 Å². The molecule has 0 aliphatic heterocycles. The lowest BCUT2D eigenvalue weighted by Crippen LogP contribution is -2.08.